The van der Waals surface area contributed by atoms with Crippen LogP contribution in [-0.4, -0.2) is 35.6 Å². The van der Waals surface area contributed by atoms with Gasteiger partial charge in [0.25, 0.3) is 5.91 Å². The van der Waals surface area contributed by atoms with Crippen LogP contribution < -0.4 is 0 Å². The summed E-state index contributed by atoms with van der Waals surface area (Å²) in [5.41, 5.74) is -0.253. The first kappa shape index (κ1) is 11.0. The van der Waals surface area contributed by atoms with Crippen LogP contribution in [0.2, 0.25) is 0 Å². The fourth-order valence-corrected chi connectivity index (χ4v) is 1.68. The topological polar surface area (TPSA) is 40.5 Å². The fourth-order valence-electron chi connectivity index (χ4n) is 1.68. The molecule has 1 aromatic carbocycles. The number of aliphatic hydroxyl groups excluding tert-OH is 1. The highest BCUT2D eigenvalue weighted by Crippen LogP contribution is 2.20. The summed E-state index contributed by atoms with van der Waals surface area (Å²) >= 11 is 0. The molecule has 86 valence electrons. The molecule has 1 heterocycles. The first-order valence-corrected chi connectivity index (χ1v) is 4.97. The monoisotopic (exact) mass is 227 g/mol. The van der Waals surface area contributed by atoms with E-state index in [0.29, 0.717) is 13.1 Å². The summed E-state index contributed by atoms with van der Waals surface area (Å²) in [4.78, 5) is 13.1. The average molecular weight is 227 g/mol. The predicted octanol–water partition coefficient (Wildman–Crippen LogP) is 1.03. The number of rotatable bonds is 2. The maximum absolute atomic E-state index is 13.3. The Morgan fingerprint density at radius 3 is 2.75 bits per heavy atom. The van der Waals surface area contributed by atoms with Gasteiger partial charge in [-0.2, -0.15) is 0 Å². The van der Waals surface area contributed by atoms with Gasteiger partial charge in [-0.25, -0.2) is 8.78 Å². The van der Waals surface area contributed by atoms with Gasteiger partial charge in [0.2, 0.25) is 0 Å². The lowest BCUT2D eigenvalue weighted by Gasteiger charge is -2.38. The fraction of sp³-hybridized carbons (Fsp3) is 0.364. The number of aliphatic hydroxyl groups is 1. The summed E-state index contributed by atoms with van der Waals surface area (Å²) in [5, 5.41) is 8.78. The van der Waals surface area contributed by atoms with E-state index in [1.165, 1.54) is 4.90 Å². The van der Waals surface area contributed by atoms with Crippen molar-refractivity contribution in [3.05, 3.63) is 35.4 Å². The average Bonchev–Trinajstić information content (AvgIpc) is 2.20. The molecule has 1 amide bonds. The smallest absolute Gasteiger partial charge is 0.256 e. The third-order valence-corrected chi connectivity index (χ3v) is 2.66. The van der Waals surface area contributed by atoms with Crippen LogP contribution in [0.4, 0.5) is 8.78 Å². The van der Waals surface area contributed by atoms with E-state index in [4.69, 9.17) is 5.11 Å². The van der Waals surface area contributed by atoms with Gasteiger partial charge in [-0.15, -0.1) is 0 Å². The van der Waals surface area contributed by atoms with Gasteiger partial charge in [-0.3, -0.25) is 4.79 Å². The van der Waals surface area contributed by atoms with Gasteiger partial charge in [0.1, 0.15) is 11.6 Å². The van der Waals surface area contributed by atoms with E-state index >= 15 is 0 Å². The lowest BCUT2D eigenvalue weighted by molar-refractivity contribution is 0.0357. The van der Waals surface area contributed by atoms with E-state index in [1.54, 1.807) is 0 Å². The minimum absolute atomic E-state index is 0.00934. The van der Waals surface area contributed by atoms with Crippen molar-refractivity contribution in [2.45, 2.75) is 0 Å². The van der Waals surface area contributed by atoms with Crippen molar-refractivity contribution in [2.75, 3.05) is 19.7 Å². The van der Waals surface area contributed by atoms with Crippen LogP contribution in [0.25, 0.3) is 0 Å². The van der Waals surface area contributed by atoms with Crippen LogP contribution in [0, 0.1) is 17.6 Å². The highest BCUT2D eigenvalue weighted by molar-refractivity contribution is 5.95. The molecular weight excluding hydrogens is 216 g/mol. The Labute approximate surface area is 91.3 Å². The van der Waals surface area contributed by atoms with Gasteiger partial charge in [-0.05, 0) is 18.2 Å². The normalized spacial score (nSPS) is 16.1. The molecule has 5 heteroatoms. The molecule has 1 N–H and O–H groups in total. The molecule has 1 aromatic rings. The molecule has 2 rings (SSSR count). The molecule has 16 heavy (non-hydrogen) atoms. The van der Waals surface area contributed by atoms with Gasteiger partial charge in [0, 0.05) is 25.6 Å². The lowest BCUT2D eigenvalue weighted by Crippen LogP contribution is -2.51. The number of amides is 1. The number of carbonyl (C=O) groups excluding carboxylic acids is 1. The molecule has 0 spiro atoms. The zero-order valence-corrected chi connectivity index (χ0v) is 8.49. The van der Waals surface area contributed by atoms with Crippen LogP contribution in [0.1, 0.15) is 10.4 Å². The minimum atomic E-state index is -0.723. The number of hydrogen-bond acceptors (Lipinski definition) is 2. The lowest BCUT2D eigenvalue weighted by atomic mass is 10.00. The zero-order valence-electron chi connectivity index (χ0n) is 8.49. The Hall–Kier alpha value is -1.49. The number of likely N-dealkylation sites (tertiary alicyclic amines) is 1. The Kier molecular flexibility index (Phi) is 2.87. The molecule has 0 radical (unpaired) electrons. The second kappa shape index (κ2) is 4.17. The van der Waals surface area contributed by atoms with Gasteiger partial charge < -0.3 is 10.0 Å². The Morgan fingerprint density at radius 1 is 1.44 bits per heavy atom. The summed E-state index contributed by atoms with van der Waals surface area (Å²) < 4.78 is 26.1. The number of nitrogens with zero attached hydrogens (tertiary/aromatic N) is 1. The van der Waals surface area contributed by atoms with E-state index in [1.807, 2.05) is 0 Å². The van der Waals surface area contributed by atoms with E-state index in [2.05, 4.69) is 0 Å². The quantitative estimate of drug-likeness (QED) is 0.819. The Bertz CT molecular complexity index is 416. The standard InChI is InChI=1S/C11H11F2NO2/c12-8-1-2-10(13)9(3-8)11(16)14-4-7(5-14)6-15/h1-3,7,15H,4-6H2. The summed E-state index contributed by atoms with van der Waals surface area (Å²) in [6, 6.07) is 2.80. The minimum Gasteiger partial charge on any atom is -0.396 e. The van der Waals surface area contributed by atoms with Crippen molar-refractivity contribution in [1.29, 1.82) is 0 Å². The predicted molar refractivity (Wildman–Crippen MR) is 52.8 cm³/mol. The van der Waals surface area contributed by atoms with Gasteiger partial charge in [0.05, 0.1) is 5.56 Å². The molecule has 0 atom stereocenters. The van der Waals surface area contributed by atoms with E-state index in [0.717, 1.165) is 18.2 Å². The van der Waals surface area contributed by atoms with E-state index in [9.17, 15) is 13.6 Å². The van der Waals surface area contributed by atoms with E-state index in [-0.39, 0.29) is 18.1 Å². The van der Waals surface area contributed by atoms with Gasteiger partial charge >= 0.3 is 0 Å². The molecule has 0 saturated carbocycles. The van der Waals surface area contributed by atoms with Crippen molar-refractivity contribution in [2.24, 2.45) is 5.92 Å². The van der Waals surface area contributed by atoms with Crippen molar-refractivity contribution in [1.82, 2.24) is 4.90 Å². The van der Waals surface area contributed by atoms with Crippen molar-refractivity contribution in [3.63, 3.8) is 0 Å². The first-order chi connectivity index (χ1) is 7.61. The molecule has 0 bridgehead atoms. The van der Waals surface area contributed by atoms with Crippen LogP contribution in [0.15, 0.2) is 18.2 Å². The van der Waals surface area contributed by atoms with Crippen LogP contribution >= 0.6 is 0 Å². The molecule has 1 fully saturated rings. The molecular formula is C11H11F2NO2. The largest absolute Gasteiger partial charge is 0.396 e. The maximum Gasteiger partial charge on any atom is 0.256 e. The first-order valence-electron chi connectivity index (χ1n) is 4.97. The highest BCUT2D eigenvalue weighted by atomic mass is 19.1. The van der Waals surface area contributed by atoms with Crippen LogP contribution in [-0.2, 0) is 0 Å². The molecule has 3 nitrogen and oxygen atoms in total. The summed E-state index contributed by atoms with van der Waals surface area (Å²) in [7, 11) is 0. The number of benzene rings is 1. The van der Waals surface area contributed by atoms with Crippen LogP contribution in [0.5, 0.6) is 0 Å². The van der Waals surface area contributed by atoms with Crippen molar-refractivity contribution in [3.8, 4) is 0 Å². The zero-order chi connectivity index (χ0) is 11.7. The summed E-state index contributed by atoms with van der Waals surface area (Å²) in [6.45, 7) is 0.798. The van der Waals surface area contributed by atoms with E-state index < -0.39 is 17.5 Å². The second-order valence-electron chi connectivity index (χ2n) is 3.88. The highest BCUT2D eigenvalue weighted by Gasteiger charge is 2.31. The second-order valence-corrected chi connectivity index (χ2v) is 3.88. The summed E-state index contributed by atoms with van der Waals surface area (Å²) in [5.74, 6) is -1.83. The number of carbonyl (C=O) groups is 1. The molecule has 1 saturated heterocycles. The Morgan fingerprint density at radius 2 is 2.12 bits per heavy atom. The molecule has 1 aliphatic rings. The SMILES string of the molecule is O=C(c1cc(F)ccc1F)N1CC(CO)C1. The maximum atomic E-state index is 13.3. The summed E-state index contributed by atoms with van der Waals surface area (Å²) in [6.07, 6.45) is 0. The number of hydrogen-bond donors (Lipinski definition) is 1. The molecule has 0 aliphatic carbocycles. The van der Waals surface area contributed by atoms with Crippen molar-refractivity contribution < 1.29 is 18.7 Å². The molecule has 0 unspecified atom stereocenters. The third kappa shape index (κ3) is 1.90. The van der Waals surface area contributed by atoms with Crippen molar-refractivity contribution >= 4 is 5.91 Å². The molecule has 0 aromatic heterocycles. The van der Waals surface area contributed by atoms with Gasteiger partial charge in [0.15, 0.2) is 0 Å². The Balaban J connectivity index is 2.13. The third-order valence-electron chi connectivity index (χ3n) is 2.66. The van der Waals surface area contributed by atoms with Gasteiger partial charge in [-0.1, -0.05) is 0 Å². The number of halogens is 2. The van der Waals surface area contributed by atoms with Crippen LogP contribution in [0.3, 0.4) is 0 Å². The molecule has 1 aliphatic heterocycles.